The summed E-state index contributed by atoms with van der Waals surface area (Å²) in [5.74, 6) is -0.487. The first-order valence-corrected chi connectivity index (χ1v) is 6.80. The molecule has 0 aliphatic heterocycles. The van der Waals surface area contributed by atoms with Gasteiger partial charge in [-0.3, -0.25) is 0 Å². The van der Waals surface area contributed by atoms with Gasteiger partial charge >= 0.3 is 5.97 Å². The fourth-order valence-electron chi connectivity index (χ4n) is 1.79. The fraction of sp³-hybridized carbons (Fsp3) is 0.562. The fourth-order valence-corrected chi connectivity index (χ4v) is 1.79. The zero-order valence-electron chi connectivity index (χ0n) is 12.8. The van der Waals surface area contributed by atoms with Gasteiger partial charge < -0.3 is 15.2 Å². The summed E-state index contributed by atoms with van der Waals surface area (Å²) >= 11 is 0. The molecule has 4 nitrogen and oxygen atoms in total. The summed E-state index contributed by atoms with van der Waals surface area (Å²) in [6.45, 7) is 7.10. The summed E-state index contributed by atoms with van der Waals surface area (Å²) in [5, 5.41) is 0. The highest BCUT2D eigenvalue weighted by Gasteiger charge is 2.37. The molecule has 1 aromatic rings. The number of nitrogens with two attached hydrogens (primary N) is 1. The van der Waals surface area contributed by atoms with Gasteiger partial charge in [-0.1, -0.05) is 51.1 Å². The predicted molar refractivity (Wildman–Crippen MR) is 79.2 cm³/mol. The van der Waals surface area contributed by atoms with E-state index in [9.17, 15) is 4.79 Å². The summed E-state index contributed by atoms with van der Waals surface area (Å²) in [5.41, 5.74) is 5.85. The van der Waals surface area contributed by atoms with Crippen LogP contribution in [0.1, 0.15) is 32.8 Å². The van der Waals surface area contributed by atoms with E-state index in [1.165, 1.54) is 7.11 Å². The molecule has 0 radical (unpaired) electrons. The van der Waals surface area contributed by atoms with Crippen molar-refractivity contribution in [2.24, 2.45) is 11.1 Å². The van der Waals surface area contributed by atoms with E-state index in [1.807, 2.05) is 30.3 Å². The minimum Gasteiger partial charge on any atom is -0.467 e. The van der Waals surface area contributed by atoms with Crippen molar-refractivity contribution < 1.29 is 14.3 Å². The second-order valence-corrected chi connectivity index (χ2v) is 6.19. The van der Waals surface area contributed by atoms with Crippen molar-refractivity contribution in [3.63, 3.8) is 0 Å². The molecule has 1 aromatic carbocycles. The van der Waals surface area contributed by atoms with Crippen LogP contribution in [0.5, 0.6) is 0 Å². The lowest BCUT2D eigenvalue weighted by atomic mass is 9.91. The van der Waals surface area contributed by atoms with Gasteiger partial charge in [-0.25, -0.2) is 4.79 Å². The zero-order valence-corrected chi connectivity index (χ0v) is 12.8. The van der Waals surface area contributed by atoms with Crippen molar-refractivity contribution in [2.45, 2.75) is 32.7 Å². The lowest BCUT2D eigenvalue weighted by Crippen LogP contribution is -2.49. The molecule has 0 aliphatic carbocycles. The largest absolute Gasteiger partial charge is 0.467 e. The highest BCUT2D eigenvalue weighted by Crippen LogP contribution is 2.22. The molecular weight excluding hydrogens is 254 g/mol. The highest BCUT2D eigenvalue weighted by atomic mass is 16.5. The van der Waals surface area contributed by atoms with Crippen LogP contribution in [-0.4, -0.2) is 26.3 Å². The topological polar surface area (TPSA) is 61.5 Å². The molecule has 1 atom stereocenters. The van der Waals surface area contributed by atoms with E-state index in [4.69, 9.17) is 15.2 Å². The average Bonchev–Trinajstić information content (AvgIpc) is 2.42. The Labute approximate surface area is 121 Å². The smallest absolute Gasteiger partial charge is 0.332 e. The Bertz CT molecular complexity index is 425. The average molecular weight is 279 g/mol. The summed E-state index contributed by atoms with van der Waals surface area (Å²) < 4.78 is 10.5. The van der Waals surface area contributed by atoms with Crippen molar-refractivity contribution in [1.82, 2.24) is 0 Å². The van der Waals surface area contributed by atoms with Crippen LogP contribution >= 0.6 is 0 Å². The molecule has 0 amide bonds. The molecule has 0 heterocycles. The number of esters is 1. The second kappa shape index (κ2) is 6.86. The Morgan fingerprint density at radius 1 is 1.20 bits per heavy atom. The van der Waals surface area contributed by atoms with E-state index in [0.29, 0.717) is 12.2 Å². The van der Waals surface area contributed by atoms with Gasteiger partial charge in [0.05, 0.1) is 13.7 Å². The molecule has 2 N–H and O–H groups in total. The van der Waals surface area contributed by atoms with Gasteiger partial charge in [0.25, 0.3) is 0 Å². The van der Waals surface area contributed by atoms with E-state index in [-0.39, 0.29) is 12.0 Å². The van der Waals surface area contributed by atoms with Crippen LogP contribution in [0.15, 0.2) is 30.3 Å². The molecule has 0 spiro atoms. The molecule has 0 saturated carbocycles. The van der Waals surface area contributed by atoms with E-state index in [1.54, 1.807) is 0 Å². The van der Waals surface area contributed by atoms with Crippen LogP contribution in [0.2, 0.25) is 0 Å². The first-order chi connectivity index (χ1) is 9.29. The molecule has 1 rings (SSSR count). The number of rotatable bonds is 6. The normalized spacial score (nSPS) is 14.7. The number of benzene rings is 1. The molecule has 0 saturated heterocycles. The number of hydrogen-bond acceptors (Lipinski definition) is 4. The maximum atomic E-state index is 12.0. The SMILES string of the molecule is COC(=O)C(N)(COCCC(C)(C)C)c1ccccc1. The zero-order chi connectivity index (χ0) is 15.2. The molecule has 0 fully saturated rings. The number of carbonyl (C=O) groups is 1. The molecule has 0 aromatic heterocycles. The van der Waals surface area contributed by atoms with Gasteiger partial charge in [-0.2, -0.15) is 0 Å². The van der Waals surface area contributed by atoms with Crippen LogP contribution in [0.4, 0.5) is 0 Å². The molecular formula is C16H25NO3. The molecule has 20 heavy (non-hydrogen) atoms. The molecule has 4 heteroatoms. The Kier molecular flexibility index (Phi) is 5.72. The standard InChI is InChI=1S/C16H25NO3/c1-15(2,3)10-11-20-12-16(17,14(18)19-4)13-8-6-5-7-9-13/h5-9H,10-12,17H2,1-4H3. The predicted octanol–water partition coefficient (Wildman–Crippen LogP) is 2.47. The maximum Gasteiger partial charge on any atom is 0.332 e. The third-order valence-corrected chi connectivity index (χ3v) is 3.16. The number of methoxy groups -OCH3 is 1. The Hall–Kier alpha value is -1.39. The number of ether oxygens (including phenoxy) is 2. The third-order valence-electron chi connectivity index (χ3n) is 3.16. The van der Waals surface area contributed by atoms with Crippen LogP contribution in [-0.2, 0) is 19.8 Å². The first-order valence-electron chi connectivity index (χ1n) is 6.80. The number of hydrogen-bond donors (Lipinski definition) is 1. The maximum absolute atomic E-state index is 12.0. The summed E-state index contributed by atoms with van der Waals surface area (Å²) in [4.78, 5) is 12.0. The van der Waals surface area contributed by atoms with Crippen molar-refractivity contribution in [2.75, 3.05) is 20.3 Å². The molecule has 1 unspecified atom stereocenters. The van der Waals surface area contributed by atoms with Gasteiger partial charge in [0.15, 0.2) is 5.54 Å². The van der Waals surface area contributed by atoms with Gasteiger partial charge in [-0.15, -0.1) is 0 Å². The highest BCUT2D eigenvalue weighted by molar-refractivity contribution is 5.82. The Morgan fingerprint density at radius 3 is 2.30 bits per heavy atom. The van der Waals surface area contributed by atoms with E-state index in [2.05, 4.69) is 20.8 Å². The van der Waals surface area contributed by atoms with Crippen LogP contribution < -0.4 is 5.73 Å². The van der Waals surface area contributed by atoms with Gasteiger partial charge in [0, 0.05) is 6.61 Å². The summed E-state index contributed by atoms with van der Waals surface area (Å²) in [6.07, 6.45) is 0.902. The number of carbonyl (C=O) groups excluding carboxylic acids is 1. The lowest BCUT2D eigenvalue weighted by Gasteiger charge is -2.27. The van der Waals surface area contributed by atoms with Crippen LogP contribution in [0.25, 0.3) is 0 Å². The first kappa shape index (κ1) is 16.7. The minimum absolute atomic E-state index is 0.111. The van der Waals surface area contributed by atoms with Crippen molar-refractivity contribution in [1.29, 1.82) is 0 Å². The lowest BCUT2D eigenvalue weighted by molar-refractivity contribution is -0.150. The molecule has 0 aliphatic rings. The molecule has 0 bridgehead atoms. The van der Waals surface area contributed by atoms with E-state index >= 15 is 0 Å². The van der Waals surface area contributed by atoms with Crippen molar-refractivity contribution in [3.05, 3.63) is 35.9 Å². The molecule has 112 valence electrons. The second-order valence-electron chi connectivity index (χ2n) is 6.19. The Morgan fingerprint density at radius 2 is 1.80 bits per heavy atom. The van der Waals surface area contributed by atoms with E-state index < -0.39 is 11.5 Å². The van der Waals surface area contributed by atoms with Gasteiger partial charge in [0.1, 0.15) is 0 Å². The Balaban J connectivity index is 2.73. The monoisotopic (exact) mass is 279 g/mol. The van der Waals surface area contributed by atoms with Crippen molar-refractivity contribution in [3.8, 4) is 0 Å². The minimum atomic E-state index is -1.26. The summed E-state index contributed by atoms with van der Waals surface area (Å²) in [7, 11) is 1.34. The van der Waals surface area contributed by atoms with Crippen molar-refractivity contribution >= 4 is 5.97 Å². The third kappa shape index (κ3) is 4.62. The quantitative estimate of drug-likeness (QED) is 0.642. The van der Waals surface area contributed by atoms with Gasteiger partial charge in [-0.05, 0) is 17.4 Å². The summed E-state index contributed by atoms with van der Waals surface area (Å²) in [6, 6.07) is 9.18. The van der Waals surface area contributed by atoms with Crippen LogP contribution in [0.3, 0.4) is 0 Å². The van der Waals surface area contributed by atoms with Gasteiger partial charge in [0.2, 0.25) is 0 Å². The van der Waals surface area contributed by atoms with Crippen LogP contribution in [0, 0.1) is 5.41 Å². The van der Waals surface area contributed by atoms with E-state index in [0.717, 1.165) is 6.42 Å².